The largest absolute Gasteiger partial charge is 0.481 e. The molecule has 1 unspecified atom stereocenters. The van der Waals surface area contributed by atoms with E-state index < -0.39 is 23.8 Å². The maximum Gasteiger partial charge on any atom is 0.416 e. The lowest BCUT2D eigenvalue weighted by atomic mass is 10.0. The standard InChI is InChI=1S/C17H20F3NO4/c18-17(19,20)13-5-1-3-12(9-13)4-2-6-15(22)21-7-8-25-11-14(21)10-16(23)24/h1,3,5,9,14H,2,4,6-8,10-11H2,(H,23,24). The highest BCUT2D eigenvalue weighted by atomic mass is 19.4. The minimum absolute atomic E-state index is 0.159. The van der Waals surface area contributed by atoms with Gasteiger partial charge >= 0.3 is 12.1 Å². The molecule has 1 atom stereocenters. The summed E-state index contributed by atoms with van der Waals surface area (Å²) in [6.45, 7) is 0.876. The monoisotopic (exact) mass is 359 g/mol. The molecule has 8 heteroatoms. The van der Waals surface area contributed by atoms with Crippen LogP contribution in [0.3, 0.4) is 0 Å². The molecule has 0 bridgehead atoms. The number of alkyl halides is 3. The first-order chi connectivity index (χ1) is 11.8. The molecule has 1 heterocycles. The normalized spacial score (nSPS) is 18.2. The second kappa shape index (κ2) is 8.33. The van der Waals surface area contributed by atoms with Gasteiger partial charge in [0.15, 0.2) is 0 Å². The van der Waals surface area contributed by atoms with Crippen LogP contribution in [0, 0.1) is 0 Å². The van der Waals surface area contributed by atoms with E-state index in [1.165, 1.54) is 11.0 Å². The van der Waals surface area contributed by atoms with E-state index in [-0.39, 0.29) is 25.4 Å². The highest BCUT2D eigenvalue weighted by Crippen LogP contribution is 2.29. The third kappa shape index (κ3) is 5.74. The van der Waals surface area contributed by atoms with Crippen molar-refractivity contribution in [2.45, 2.75) is 37.9 Å². The van der Waals surface area contributed by atoms with Gasteiger partial charge in [-0.05, 0) is 24.5 Å². The molecule has 1 aromatic rings. The van der Waals surface area contributed by atoms with Gasteiger partial charge in [0.25, 0.3) is 0 Å². The highest BCUT2D eigenvalue weighted by molar-refractivity contribution is 5.77. The molecule has 0 saturated carbocycles. The van der Waals surface area contributed by atoms with Gasteiger partial charge < -0.3 is 14.7 Å². The zero-order valence-corrected chi connectivity index (χ0v) is 13.6. The Hall–Kier alpha value is -2.09. The smallest absolute Gasteiger partial charge is 0.416 e. The fraction of sp³-hybridized carbons (Fsp3) is 0.529. The third-order valence-corrected chi connectivity index (χ3v) is 4.07. The summed E-state index contributed by atoms with van der Waals surface area (Å²) in [4.78, 5) is 24.7. The Bertz CT molecular complexity index is 618. The maximum atomic E-state index is 12.7. The predicted octanol–water partition coefficient (Wildman–Crippen LogP) is 2.73. The first-order valence-electron chi connectivity index (χ1n) is 8.02. The molecule has 25 heavy (non-hydrogen) atoms. The molecule has 1 aliphatic heterocycles. The molecule has 1 fully saturated rings. The van der Waals surface area contributed by atoms with E-state index in [1.54, 1.807) is 6.07 Å². The molecule has 1 aliphatic rings. The molecule has 1 aromatic carbocycles. The number of benzene rings is 1. The van der Waals surface area contributed by atoms with Crippen molar-refractivity contribution in [1.29, 1.82) is 0 Å². The van der Waals surface area contributed by atoms with Gasteiger partial charge in [-0.15, -0.1) is 0 Å². The van der Waals surface area contributed by atoms with E-state index >= 15 is 0 Å². The Kier molecular flexibility index (Phi) is 6.41. The number of carbonyl (C=O) groups excluding carboxylic acids is 1. The Balaban J connectivity index is 1.88. The van der Waals surface area contributed by atoms with Gasteiger partial charge in [0, 0.05) is 13.0 Å². The van der Waals surface area contributed by atoms with Crippen LogP contribution in [-0.2, 0) is 26.9 Å². The number of carboxylic acid groups (broad SMARTS) is 1. The average Bonchev–Trinajstić information content (AvgIpc) is 2.54. The Morgan fingerprint density at radius 2 is 2.08 bits per heavy atom. The molecule has 1 saturated heterocycles. The van der Waals surface area contributed by atoms with Crippen molar-refractivity contribution in [2.24, 2.45) is 0 Å². The van der Waals surface area contributed by atoms with E-state index in [2.05, 4.69) is 0 Å². The predicted molar refractivity (Wildman–Crippen MR) is 83.0 cm³/mol. The first-order valence-corrected chi connectivity index (χ1v) is 8.02. The number of amides is 1. The van der Waals surface area contributed by atoms with E-state index in [9.17, 15) is 22.8 Å². The van der Waals surface area contributed by atoms with Crippen LogP contribution in [0.2, 0.25) is 0 Å². The molecular formula is C17H20F3NO4. The van der Waals surface area contributed by atoms with Crippen molar-refractivity contribution in [3.8, 4) is 0 Å². The molecule has 2 rings (SSSR count). The van der Waals surface area contributed by atoms with Crippen molar-refractivity contribution >= 4 is 11.9 Å². The van der Waals surface area contributed by atoms with E-state index in [0.29, 0.717) is 31.6 Å². The Morgan fingerprint density at radius 1 is 1.32 bits per heavy atom. The molecule has 0 aliphatic carbocycles. The quantitative estimate of drug-likeness (QED) is 0.848. The van der Waals surface area contributed by atoms with Gasteiger partial charge in [-0.1, -0.05) is 18.2 Å². The minimum Gasteiger partial charge on any atom is -0.481 e. The molecule has 0 spiro atoms. The zero-order valence-electron chi connectivity index (χ0n) is 13.6. The summed E-state index contributed by atoms with van der Waals surface area (Å²) in [5.74, 6) is -1.20. The number of carboxylic acids is 1. The van der Waals surface area contributed by atoms with Crippen molar-refractivity contribution < 1.29 is 32.6 Å². The summed E-state index contributed by atoms with van der Waals surface area (Å²) in [6.07, 6.45) is -3.66. The number of hydrogen-bond acceptors (Lipinski definition) is 3. The summed E-state index contributed by atoms with van der Waals surface area (Å²) in [7, 11) is 0. The zero-order chi connectivity index (χ0) is 18.4. The van der Waals surface area contributed by atoms with E-state index in [4.69, 9.17) is 9.84 Å². The van der Waals surface area contributed by atoms with Gasteiger partial charge in [0.2, 0.25) is 5.91 Å². The summed E-state index contributed by atoms with van der Waals surface area (Å²) in [5, 5.41) is 8.90. The molecule has 1 N–H and O–H groups in total. The van der Waals surface area contributed by atoms with Crippen molar-refractivity contribution in [3.05, 3.63) is 35.4 Å². The minimum atomic E-state index is -4.39. The lowest BCUT2D eigenvalue weighted by molar-refractivity contribution is -0.146. The number of hydrogen-bond donors (Lipinski definition) is 1. The molecule has 1 amide bonds. The lowest BCUT2D eigenvalue weighted by Gasteiger charge is -2.35. The fourth-order valence-corrected chi connectivity index (χ4v) is 2.84. The Morgan fingerprint density at radius 3 is 2.76 bits per heavy atom. The van der Waals surface area contributed by atoms with Crippen LogP contribution in [0.5, 0.6) is 0 Å². The van der Waals surface area contributed by atoms with Crippen LogP contribution in [0.15, 0.2) is 24.3 Å². The third-order valence-electron chi connectivity index (χ3n) is 4.07. The second-order valence-electron chi connectivity index (χ2n) is 5.97. The van der Waals surface area contributed by atoms with Crippen LogP contribution in [-0.4, -0.2) is 47.7 Å². The summed E-state index contributed by atoms with van der Waals surface area (Å²) < 4.78 is 43.3. The number of aryl methyl sites for hydroxylation is 1. The molecule has 5 nitrogen and oxygen atoms in total. The summed E-state index contributed by atoms with van der Waals surface area (Å²) in [5.41, 5.74) is -0.183. The number of halogens is 3. The SMILES string of the molecule is O=C(O)CC1COCCN1C(=O)CCCc1cccc(C(F)(F)F)c1. The van der Waals surface area contributed by atoms with Crippen LogP contribution in [0.4, 0.5) is 13.2 Å². The number of carbonyl (C=O) groups is 2. The van der Waals surface area contributed by atoms with Gasteiger partial charge in [-0.3, -0.25) is 9.59 Å². The van der Waals surface area contributed by atoms with Crippen LogP contribution < -0.4 is 0 Å². The highest BCUT2D eigenvalue weighted by Gasteiger charge is 2.30. The maximum absolute atomic E-state index is 12.7. The van der Waals surface area contributed by atoms with Crippen molar-refractivity contribution in [2.75, 3.05) is 19.8 Å². The van der Waals surface area contributed by atoms with E-state index in [0.717, 1.165) is 12.1 Å². The van der Waals surface area contributed by atoms with Gasteiger partial charge in [0.1, 0.15) is 0 Å². The molecular weight excluding hydrogens is 339 g/mol. The van der Waals surface area contributed by atoms with Gasteiger partial charge in [0.05, 0.1) is 31.2 Å². The van der Waals surface area contributed by atoms with Gasteiger partial charge in [-0.25, -0.2) is 0 Å². The first kappa shape index (κ1) is 19.2. The van der Waals surface area contributed by atoms with Gasteiger partial charge in [-0.2, -0.15) is 13.2 Å². The molecule has 0 aromatic heterocycles. The number of aliphatic carboxylic acids is 1. The number of ether oxygens (including phenoxy) is 1. The average molecular weight is 359 g/mol. The van der Waals surface area contributed by atoms with E-state index in [1.807, 2.05) is 0 Å². The summed E-state index contributed by atoms with van der Waals surface area (Å²) in [6, 6.07) is 4.56. The molecule has 138 valence electrons. The van der Waals surface area contributed by atoms with Crippen LogP contribution in [0.1, 0.15) is 30.4 Å². The molecule has 0 radical (unpaired) electrons. The topological polar surface area (TPSA) is 66.8 Å². The number of rotatable bonds is 6. The number of morpholine rings is 1. The summed E-state index contributed by atoms with van der Waals surface area (Å²) >= 11 is 0. The van der Waals surface area contributed by atoms with Crippen LogP contribution in [0.25, 0.3) is 0 Å². The number of nitrogens with zero attached hydrogens (tertiary/aromatic N) is 1. The lowest BCUT2D eigenvalue weighted by Crippen LogP contribution is -2.49. The Labute approximate surface area is 143 Å². The fourth-order valence-electron chi connectivity index (χ4n) is 2.84. The van der Waals surface area contributed by atoms with Crippen molar-refractivity contribution in [1.82, 2.24) is 4.90 Å². The second-order valence-corrected chi connectivity index (χ2v) is 5.97. The van der Waals surface area contributed by atoms with Crippen LogP contribution >= 0.6 is 0 Å². The van der Waals surface area contributed by atoms with Crippen molar-refractivity contribution in [3.63, 3.8) is 0 Å².